The van der Waals surface area contributed by atoms with Gasteiger partial charge in [0, 0.05) is 55.9 Å². The highest BCUT2D eigenvalue weighted by Gasteiger charge is 2.29. The number of ketones is 1. The van der Waals surface area contributed by atoms with Crippen LogP contribution in [0.15, 0.2) is 42.6 Å². The Morgan fingerprint density at radius 1 is 0.846 bits per heavy atom. The maximum absolute atomic E-state index is 13.6. The lowest BCUT2D eigenvalue weighted by molar-refractivity contribution is -0.126. The van der Waals surface area contributed by atoms with Crippen molar-refractivity contribution in [1.29, 1.82) is 0 Å². The first-order valence-corrected chi connectivity index (χ1v) is 14.3. The second-order valence-electron chi connectivity index (χ2n) is 11.3. The summed E-state index contributed by atoms with van der Waals surface area (Å²) in [6.07, 6.45) is 9.59. The molecule has 0 saturated carbocycles. The summed E-state index contributed by atoms with van der Waals surface area (Å²) < 4.78 is 15.1. The number of benzene rings is 2. The Hall–Kier alpha value is -3.48. The number of amides is 2. The molecule has 3 aromatic rings. The van der Waals surface area contributed by atoms with Crippen LogP contribution >= 0.6 is 0 Å². The molecule has 0 unspecified atom stereocenters. The maximum atomic E-state index is 13.6. The van der Waals surface area contributed by atoms with Crippen molar-refractivity contribution in [3.8, 4) is 0 Å². The first-order valence-electron chi connectivity index (χ1n) is 14.3. The summed E-state index contributed by atoms with van der Waals surface area (Å²) in [5.74, 6) is -0.745. The summed E-state index contributed by atoms with van der Waals surface area (Å²) in [6, 6.07) is 10.4. The molecular formula is C32H38FN3O3. The summed E-state index contributed by atoms with van der Waals surface area (Å²) in [5, 5.41) is 0.656. The average molecular weight is 532 g/mol. The van der Waals surface area contributed by atoms with Gasteiger partial charge < -0.3 is 14.4 Å². The Kier molecular flexibility index (Phi) is 8.15. The maximum Gasteiger partial charge on any atom is 0.295 e. The van der Waals surface area contributed by atoms with Crippen molar-refractivity contribution in [2.45, 2.75) is 58.3 Å². The summed E-state index contributed by atoms with van der Waals surface area (Å²) in [6.45, 7) is 4.49. The van der Waals surface area contributed by atoms with Crippen LogP contribution in [-0.4, -0.2) is 58.1 Å². The van der Waals surface area contributed by atoms with Crippen LogP contribution in [0.1, 0.15) is 76.8 Å². The molecule has 2 fully saturated rings. The number of carbonyl (C=O) groups excluding carboxylic acids is 3. The largest absolute Gasteiger partial charge is 0.350 e. The minimum atomic E-state index is -0.495. The number of hydrogen-bond donors (Lipinski definition) is 0. The third-order valence-corrected chi connectivity index (χ3v) is 8.49. The lowest BCUT2D eigenvalue weighted by Crippen LogP contribution is -2.39. The highest BCUT2D eigenvalue weighted by molar-refractivity contribution is 6.45. The molecule has 0 spiro atoms. The molecule has 2 amide bonds. The molecule has 0 atom stereocenters. The summed E-state index contributed by atoms with van der Waals surface area (Å²) in [4.78, 5) is 43.8. The SMILES string of the molecule is Cc1cc2c(cc1C(=O)N1CCC(Cc3ccc(F)cc3)CC1)c(C(=O)C(=O)N1CCCCCCC1)cn2C. The van der Waals surface area contributed by atoms with E-state index in [0.717, 1.165) is 61.6 Å². The van der Waals surface area contributed by atoms with E-state index in [1.807, 2.05) is 47.7 Å². The predicted octanol–water partition coefficient (Wildman–Crippen LogP) is 5.70. The zero-order valence-electron chi connectivity index (χ0n) is 23.0. The molecule has 0 bridgehead atoms. The molecule has 0 radical (unpaired) electrons. The molecule has 2 aromatic carbocycles. The van der Waals surface area contributed by atoms with Gasteiger partial charge in [-0.1, -0.05) is 31.4 Å². The van der Waals surface area contributed by atoms with Crippen LogP contribution in [-0.2, 0) is 18.3 Å². The topological polar surface area (TPSA) is 62.6 Å². The van der Waals surface area contributed by atoms with E-state index in [2.05, 4.69) is 0 Å². The van der Waals surface area contributed by atoms with Crippen LogP contribution in [0.2, 0.25) is 0 Å². The standard InChI is InChI=1S/C32H38FN3O3/c1-22-18-29-27(28(21-34(29)2)30(37)32(39)35-14-6-4-3-5-7-15-35)20-26(22)31(38)36-16-12-24(13-17-36)19-23-8-10-25(33)11-9-23/h8-11,18,20-21,24H,3-7,12-17,19H2,1-2H3. The van der Waals surface area contributed by atoms with Crippen molar-refractivity contribution in [3.63, 3.8) is 0 Å². The number of halogens is 1. The smallest absolute Gasteiger partial charge is 0.295 e. The number of likely N-dealkylation sites (tertiary alicyclic amines) is 2. The Labute approximate surface area is 229 Å². The van der Waals surface area contributed by atoms with Gasteiger partial charge in [-0.3, -0.25) is 14.4 Å². The fourth-order valence-electron chi connectivity index (χ4n) is 6.12. The predicted molar refractivity (Wildman–Crippen MR) is 150 cm³/mol. The Morgan fingerprint density at radius 2 is 1.49 bits per heavy atom. The van der Waals surface area contributed by atoms with Crippen molar-refractivity contribution in [2.75, 3.05) is 26.2 Å². The van der Waals surface area contributed by atoms with Crippen LogP contribution in [0.25, 0.3) is 10.9 Å². The van der Waals surface area contributed by atoms with Crippen LogP contribution in [0.5, 0.6) is 0 Å². The van der Waals surface area contributed by atoms with E-state index in [-0.39, 0.29) is 11.7 Å². The summed E-state index contributed by atoms with van der Waals surface area (Å²) in [5.41, 5.74) is 3.76. The number of aromatic nitrogens is 1. The van der Waals surface area contributed by atoms with Gasteiger partial charge in [-0.05, 0) is 80.3 Å². The molecule has 2 aliphatic rings. The van der Waals surface area contributed by atoms with Gasteiger partial charge in [0.15, 0.2) is 0 Å². The number of hydrogen-bond acceptors (Lipinski definition) is 3. The highest BCUT2D eigenvalue weighted by Crippen LogP contribution is 2.29. The van der Waals surface area contributed by atoms with Gasteiger partial charge in [-0.25, -0.2) is 4.39 Å². The number of piperidine rings is 1. The Morgan fingerprint density at radius 3 is 2.15 bits per heavy atom. The number of nitrogens with zero attached hydrogens (tertiary/aromatic N) is 3. The quantitative estimate of drug-likeness (QED) is 0.314. The number of fused-ring (bicyclic) bond motifs is 1. The fraction of sp³-hybridized carbons (Fsp3) is 0.469. The fourth-order valence-corrected chi connectivity index (χ4v) is 6.12. The van der Waals surface area contributed by atoms with Crippen LogP contribution < -0.4 is 0 Å². The van der Waals surface area contributed by atoms with Gasteiger partial charge >= 0.3 is 0 Å². The van der Waals surface area contributed by atoms with E-state index >= 15 is 0 Å². The Balaban J connectivity index is 1.32. The van der Waals surface area contributed by atoms with Gasteiger partial charge in [0.2, 0.25) is 0 Å². The van der Waals surface area contributed by atoms with Gasteiger partial charge in [0.25, 0.3) is 17.6 Å². The molecule has 2 aliphatic heterocycles. The van der Waals surface area contributed by atoms with E-state index < -0.39 is 11.7 Å². The molecular weight excluding hydrogens is 493 g/mol. The molecule has 3 heterocycles. The molecule has 206 valence electrons. The van der Waals surface area contributed by atoms with Crippen LogP contribution in [0.3, 0.4) is 0 Å². The van der Waals surface area contributed by atoms with Gasteiger partial charge in [-0.15, -0.1) is 0 Å². The van der Waals surface area contributed by atoms with Crippen molar-refractivity contribution in [3.05, 3.63) is 70.7 Å². The molecule has 0 N–H and O–H groups in total. The third-order valence-electron chi connectivity index (χ3n) is 8.49. The van der Waals surface area contributed by atoms with Crippen molar-refractivity contribution < 1.29 is 18.8 Å². The van der Waals surface area contributed by atoms with Crippen LogP contribution in [0.4, 0.5) is 4.39 Å². The second-order valence-corrected chi connectivity index (χ2v) is 11.3. The number of rotatable bonds is 5. The molecule has 5 rings (SSSR count). The van der Waals surface area contributed by atoms with E-state index in [4.69, 9.17) is 0 Å². The summed E-state index contributed by atoms with van der Waals surface area (Å²) >= 11 is 0. The van der Waals surface area contributed by atoms with Crippen molar-refractivity contribution in [1.82, 2.24) is 14.4 Å². The lowest BCUT2D eigenvalue weighted by atomic mass is 9.89. The van der Waals surface area contributed by atoms with Gasteiger partial charge in [0.1, 0.15) is 5.82 Å². The average Bonchev–Trinajstić information content (AvgIpc) is 3.23. The number of carbonyl (C=O) groups is 3. The van der Waals surface area contributed by atoms with E-state index in [1.54, 1.807) is 11.1 Å². The van der Waals surface area contributed by atoms with Gasteiger partial charge in [-0.2, -0.15) is 0 Å². The van der Waals surface area contributed by atoms with Gasteiger partial charge in [0.05, 0.1) is 5.56 Å². The zero-order chi connectivity index (χ0) is 27.5. The molecule has 1 aromatic heterocycles. The molecule has 0 aliphatic carbocycles. The minimum Gasteiger partial charge on any atom is -0.350 e. The molecule has 6 nitrogen and oxygen atoms in total. The molecule has 2 saturated heterocycles. The normalized spacial score (nSPS) is 17.2. The second kappa shape index (κ2) is 11.7. The number of aryl methyl sites for hydroxylation is 2. The zero-order valence-corrected chi connectivity index (χ0v) is 23.0. The minimum absolute atomic E-state index is 0.0352. The first kappa shape index (κ1) is 27.1. The van der Waals surface area contributed by atoms with E-state index in [0.29, 0.717) is 48.6 Å². The monoisotopic (exact) mass is 531 g/mol. The van der Waals surface area contributed by atoms with E-state index in [9.17, 15) is 18.8 Å². The molecule has 39 heavy (non-hydrogen) atoms. The Bertz CT molecular complexity index is 1360. The van der Waals surface area contributed by atoms with E-state index in [1.165, 1.54) is 18.6 Å². The lowest BCUT2D eigenvalue weighted by Gasteiger charge is -2.32. The highest BCUT2D eigenvalue weighted by atomic mass is 19.1. The van der Waals surface area contributed by atoms with Crippen molar-refractivity contribution in [2.24, 2.45) is 13.0 Å². The van der Waals surface area contributed by atoms with Crippen molar-refractivity contribution >= 4 is 28.5 Å². The number of Topliss-reactive ketones (excluding diaryl/α,β-unsaturated/α-hetero) is 1. The first-order chi connectivity index (χ1) is 18.8. The molecule has 7 heteroatoms. The summed E-state index contributed by atoms with van der Waals surface area (Å²) in [7, 11) is 1.87. The third kappa shape index (κ3) is 5.92. The van der Waals surface area contributed by atoms with Crippen LogP contribution in [0, 0.1) is 18.7 Å².